The number of hydrogen-bond acceptors (Lipinski definition) is 1. The van der Waals surface area contributed by atoms with Gasteiger partial charge >= 0.3 is 0 Å². The van der Waals surface area contributed by atoms with Crippen LogP contribution in [0.4, 0.5) is 0 Å². The Labute approximate surface area is 34.9 Å². The van der Waals surface area contributed by atoms with Gasteiger partial charge in [0.1, 0.15) is 5.41 Å². The fraction of sp³-hybridized carbons (Fsp3) is 0.333. The highest BCUT2D eigenvalue weighted by atomic mass is 32.2. The monoisotopic (exact) mass is 89.0 g/mol. The number of rotatable bonds is 1. The van der Waals surface area contributed by atoms with Crippen LogP contribution in [0.5, 0.6) is 0 Å². The lowest BCUT2D eigenvalue weighted by atomic mass is 11.3. The van der Waals surface area contributed by atoms with Gasteiger partial charge in [0.05, 0.1) is 6.26 Å². The molecule has 1 unspecified atom stereocenters. The predicted octanol–water partition coefficient (Wildman–Crippen LogP) is 0.312. The molecule has 0 aromatic rings. The molecule has 0 aliphatic heterocycles. The lowest BCUT2D eigenvalue weighted by molar-refractivity contribution is 0.609. The number of hydrogen-bond donors (Lipinski definition) is 0. The average molecular weight is 89.1 g/mol. The molecule has 0 aliphatic rings. The van der Waals surface area contributed by atoms with Crippen molar-refractivity contribution < 1.29 is 4.55 Å². The van der Waals surface area contributed by atoms with E-state index in [4.69, 9.17) is 6.58 Å². The minimum absolute atomic E-state index is 0.920. The Morgan fingerprint density at radius 3 is 2.20 bits per heavy atom. The van der Waals surface area contributed by atoms with Crippen LogP contribution in [0.1, 0.15) is 0 Å². The highest BCUT2D eigenvalue weighted by Gasteiger charge is 1.75. The molecular weight excluding hydrogens is 84.1 g/mol. The Hall–Kier alpha value is 0.0500. The van der Waals surface area contributed by atoms with Gasteiger partial charge in [-0.15, -0.1) is 0 Å². The van der Waals surface area contributed by atoms with E-state index in [0.717, 1.165) is 5.41 Å². The average Bonchev–Trinajstić information content (AvgIpc) is 1.38. The molecule has 0 bridgehead atoms. The second kappa shape index (κ2) is 2.30. The summed E-state index contributed by atoms with van der Waals surface area (Å²) in [5.74, 6) is 0. The van der Waals surface area contributed by atoms with Crippen LogP contribution in [0.3, 0.4) is 0 Å². The SMILES string of the molecule is [CH]=C[S+](C)[O-]. The van der Waals surface area contributed by atoms with Crippen molar-refractivity contribution >= 4 is 11.2 Å². The molecule has 29 valence electrons. The van der Waals surface area contributed by atoms with Gasteiger partial charge in [-0.1, -0.05) is 0 Å². The van der Waals surface area contributed by atoms with Gasteiger partial charge in [-0.05, 0) is 17.8 Å². The summed E-state index contributed by atoms with van der Waals surface area (Å²) in [6.07, 6.45) is 1.51. The molecule has 0 aromatic carbocycles. The van der Waals surface area contributed by atoms with Crippen molar-refractivity contribution in [1.29, 1.82) is 0 Å². The van der Waals surface area contributed by atoms with Gasteiger partial charge in [-0.3, -0.25) is 0 Å². The van der Waals surface area contributed by atoms with Gasteiger partial charge < -0.3 is 4.55 Å². The van der Waals surface area contributed by atoms with E-state index in [1.165, 1.54) is 6.26 Å². The molecule has 1 radical (unpaired) electrons. The van der Waals surface area contributed by atoms with Crippen LogP contribution in [0.25, 0.3) is 0 Å². The van der Waals surface area contributed by atoms with E-state index in [0.29, 0.717) is 0 Å². The molecule has 0 spiro atoms. The summed E-state index contributed by atoms with van der Waals surface area (Å²) < 4.78 is 9.74. The Morgan fingerprint density at radius 1 is 2.00 bits per heavy atom. The molecule has 5 heavy (non-hydrogen) atoms. The third-order valence-corrected chi connectivity index (χ3v) is 0.575. The smallest absolute Gasteiger partial charge is 0.116 e. The molecule has 0 rings (SSSR count). The Bertz CT molecular complexity index is 33.9. The Kier molecular flexibility index (Phi) is 2.32. The molecular formula is C3H5OS. The minimum atomic E-state index is -0.920. The van der Waals surface area contributed by atoms with Gasteiger partial charge in [-0.25, -0.2) is 0 Å². The van der Waals surface area contributed by atoms with E-state index in [1.807, 2.05) is 0 Å². The summed E-state index contributed by atoms with van der Waals surface area (Å²) in [6.45, 7) is 4.75. The van der Waals surface area contributed by atoms with Gasteiger partial charge in [0.2, 0.25) is 0 Å². The first kappa shape index (κ1) is 5.05. The molecule has 0 heterocycles. The van der Waals surface area contributed by atoms with Crippen molar-refractivity contribution in [1.82, 2.24) is 0 Å². The predicted molar refractivity (Wildman–Crippen MR) is 22.9 cm³/mol. The fourth-order valence-electron chi connectivity index (χ4n) is 0. The van der Waals surface area contributed by atoms with Crippen molar-refractivity contribution in [3.05, 3.63) is 12.0 Å². The quantitative estimate of drug-likeness (QED) is 0.424. The third kappa shape index (κ3) is 4.05. The molecule has 0 aliphatic carbocycles. The molecule has 0 aromatic heterocycles. The van der Waals surface area contributed by atoms with Gasteiger partial charge in [0.15, 0.2) is 0 Å². The van der Waals surface area contributed by atoms with Gasteiger partial charge in [0.25, 0.3) is 0 Å². The normalized spacial score (nSPS) is 14.0. The van der Waals surface area contributed by atoms with Crippen molar-refractivity contribution in [2.75, 3.05) is 6.26 Å². The molecule has 0 saturated carbocycles. The van der Waals surface area contributed by atoms with E-state index in [-0.39, 0.29) is 0 Å². The fourth-order valence-corrected chi connectivity index (χ4v) is 0. The first-order chi connectivity index (χ1) is 2.27. The van der Waals surface area contributed by atoms with Crippen LogP contribution in [-0.2, 0) is 11.2 Å². The summed E-state index contributed by atoms with van der Waals surface area (Å²) in [7, 11) is 0. The maximum atomic E-state index is 9.74. The summed E-state index contributed by atoms with van der Waals surface area (Å²) in [4.78, 5) is 0. The Morgan fingerprint density at radius 2 is 2.20 bits per heavy atom. The highest BCUT2D eigenvalue weighted by Crippen LogP contribution is 1.76. The van der Waals surface area contributed by atoms with E-state index >= 15 is 0 Å². The minimum Gasteiger partial charge on any atom is -0.612 e. The standard InChI is InChI=1S/C3H5OS/c1-3-5(2)4/h1,3H,2H3. The molecule has 0 fully saturated rings. The summed E-state index contributed by atoms with van der Waals surface area (Å²) in [6, 6.07) is 0. The van der Waals surface area contributed by atoms with E-state index in [2.05, 4.69) is 0 Å². The lowest BCUT2D eigenvalue weighted by Gasteiger charge is -1.89. The molecule has 1 nitrogen and oxygen atoms in total. The van der Waals surface area contributed by atoms with Crippen molar-refractivity contribution in [2.24, 2.45) is 0 Å². The van der Waals surface area contributed by atoms with Crippen LogP contribution < -0.4 is 0 Å². The second-order valence-electron chi connectivity index (χ2n) is 0.635. The van der Waals surface area contributed by atoms with Crippen molar-refractivity contribution in [3.8, 4) is 0 Å². The summed E-state index contributed by atoms with van der Waals surface area (Å²) in [5, 5.41) is 1.14. The maximum Gasteiger partial charge on any atom is 0.116 e. The van der Waals surface area contributed by atoms with Crippen LogP contribution in [-0.4, -0.2) is 10.8 Å². The van der Waals surface area contributed by atoms with Crippen LogP contribution in [0.2, 0.25) is 0 Å². The zero-order chi connectivity index (χ0) is 4.28. The van der Waals surface area contributed by atoms with Crippen LogP contribution in [0, 0.1) is 6.58 Å². The summed E-state index contributed by atoms with van der Waals surface area (Å²) in [5.41, 5.74) is 0. The van der Waals surface area contributed by atoms with Crippen molar-refractivity contribution in [2.45, 2.75) is 0 Å². The first-order valence-corrected chi connectivity index (χ1v) is 2.77. The zero-order valence-electron chi connectivity index (χ0n) is 2.97. The molecule has 1 atom stereocenters. The van der Waals surface area contributed by atoms with Gasteiger partial charge in [0, 0.05) is 0 Å². The van der Waals surface area contributed by atoms with Crippen LogP contribution >= 0.6 is 0 Å². The van der Waals surface area contributed by atoms with Crippen molar-refractivity contribution in [3.63, 3.8) is 0 Å². The Balaban J connectivity index is 2.83. The molecule has 0 saturated heterocycles. The third-order valence-electron chi connectivity index (χ3n) is 0.192. The largest absolute Gasteiger partial charge is 0.612 e. The van der Waals surface area contributed by atoms with E-state index in [1.54, 1.807) is 0 Å². The molecule has 0 N–H and O–H groups in total. The topological polar surface area (TPSA) is 23.1 Å². The molecule has 0 amide bonds. The lowest BCUT2D eigenvalue weighted by Crippen LogP contribution is -1.85. The first-order valence-electron chi connectivity index (χ1n) is 1.14. The van der Waals surface area contributed by atoms with Crippen LogP contribution in [0.15, 0.2) is 5.41 Å². The zero-order valence-corrected chi connectivity index (χ0v) is 3.79. The maximum absolute atomic E-state index is 9.74. The highest BCUT2D eigenvalue weighted by molar-refractivity contribution is 7.93. The van der Waals surface area contributed by atoms with E-state index in [9.17, 15) is 4.55 Å². The summed E-state index contributed by atoms with van der Waals surface area (Å²) >= 11 is -0.920. The molecule has 2 heteroatoms. The van der Waals surface area contributed by atoms with Gasteiger partial charge in [-0.2, -0.15) is 0 Å². The van der Waals surface area contributed by atoms with E-state index < -0.39 is 11.2 Å². The second-order valence-corrected chi connectivity index (χ2v) is 1.90.